The minimum atomic E-state index is -6.04. The average Bonchev–Trinajstić information content (AvgIpc) is 1.96. The number of alkyl halides is 8. The van der Waals surface area contributed by atoms with Gasteiger partial charge in [-0.05, 0) is 0 Å². The first-order chi connectivity index (χ1) is 6.52. The molecule has 0 aliphatic rings. The van der Waals surface area contributed by atoms with E-state index in [1.54, 1.807) is 4.74 Å². The third-order valence-electron chi connectivity index (χ3n) is 0.791. The van der Waals surface area contributed by atoms with Crippen LogP contribution in [0.4, 0.5) is 35.1 Å². The molecule has 15 heavy (non-hydrogen) atoms. The molecule has 0 aromatic heterocycles. The molecule has 92 valence electrons. The Morgan fingerprint density at radius 1 is 0.800 bits per heavy atom. The molecule has 0 heterocycles. The van der Waals surface area contributed by atoms with Crippen molar-refractivity contribution in [2.45, 2.75) is 18.6 Å². The van der Waals surface area contributed by atoms with Crippen LogP contribution in [0, 0.1) is 0 Å². The van der Waals surface area contributed by atoms with Crippen molar-refractivity contribution in [1.29, 1.82) is 0 Å². The highest BCUT2D eigenvalue weighted by Gasteiger charge is 2.66. The van der Waals surface area contributed by atoms with Crippen molar-refractivity contribution >= 4 is 0 Å². The van der Waals surface area contributed by atoms with Gasteiger partial charge in [0.05, 0.1) is 0 Å². The summed E-state index contributed by atoms with van der Waals surface area (Å²) in [5.41, 5.74) is 0. The van der Waals surface area contributed by atoms with Crippen LogP contribution in [-0.4, -0.2) is 25.4 Å². The van der Waals surface area contributed by atoms with Crippen molar-refractivity contribution in [3.63, 3.8) is 0 Å². The molecule has 3 nitrogen and oxygen atoms in total. The fourth-order valence-electron chi connectivity index (χ4n) is 0.350. The van der Waals surface area contributed by atoms with Crippen LogP contribution in [0.5, 0.6) is 0 Å². The molecular weight excluding hydrogens is 248 g/mol. The standard InChI is InChI=1S/C4H2F8O3/c5-1-13-15-3(8,9)2(6,7)14-4(10,11)12/h1H2. The maximum atomic E-state index is 12.0. The van der Waals surface area contributed by atoms with E-state index < -0.39 is 25.4 Å². The van der Waals surface area contributed by atoms with E-state index in [0.717, 1.165) is 0 Å². The van der Waals surface area contributed by atoms with Crippen molar-refractivity contribution in [3.8, 4) is 0 Å². The smallest absolute Gasteiger partial charge is 0.219 e. The predicted octanol–water partition coefficient (Wildman–Crippen LogP) is 2.58. The molecule has 0 aromatic carbocycles. The summed E-state index contributed by atoms with van der Waals surface area (Å²) in [4.78, 5) is 5.16. The van der Waals surface area contributed by atoms with Crippen LogP contribution in [0.3, 0.4) is 0 Å². The van der Waals surface area contributed by atoms with Gasteiger partial charge in [0.25, 0.3) is 0 Å². The molecule has 0 aliphatic carbocycles. The summed E-state index contributed by atoms with van der Waals surface area (Å²) in [5.74, 6) is 0. The number of halogens is 8. The molecule has 0 radical (unpaired) electrons. The van der Waals surface area contributed by atoms with Gasteiger partial charge in [0.15, 0.2) is 0 Å². The van der Waals surface area contributed by atoms with Crippen LogP contribution in [0.2, 0.25) is 0 Å². The SMILES string of the molecule is FCOOC(F)(F)C(F)(F)OC(F)(F)F. The van der Waals surface area contributed by atoms with Crippen LogP contribution in [0.25, 0.3) is 0 Å². The van der Waals surface area contributed by atoms with E-state index in [-0.39, 0.29) is 0 Å². The summed E-state index contributed by atoms with van der Waals surface area (Å²) >= 11 is 0. The van der Waals surface area contributed by atoms with Crippen molar-refractivity contribution in [2.75, 3.05) is 6.86 Å². The van der Waals surface area contributed by atoms with Crippen LogP contribution in [0.1, 0.15) is 0 Å². The maximum absolute atomic E-state index is 12.0. The number of hydrogen-bond donors (Lipinski definition) is 0. The summed E-state index contributed by atoms with van der Waals surface area (Å²) in [5, 5.41) is 0. The lowest BCUT2D eigenvalue weighted by atomic mass is 10.6. The Morgan fingerprint density at radius 2 is 1.27 bits per heavy atom. The Kier molecular flexibility index (Phi) is 4.25. The second-order valence-electron chi connectivity index (χ2n) is 1.89. The van der Waals surface area contributed by atoms with Crippen LogP contribution < -0.4 is 0 Å². The molecule has 0 aromatic rings. The van der Waals surface area contributed by atoms with Crippen LogP contribution >= 0.6 is 0 Å². The quantitative estimate of drug-likeness (QED) is 0.426. The molecule has 0 fully saturated rings. The first-order valence-corrected chi connectivity index (χ1v) is 2.91. The minimum Gasteiger partial charge on any atom is -0.219 e. The fourth-order valence-corrected chi connectivity index (χ4v) is 0.350. The van der Waals surface area contributed by atoms with Gasteiger partial charge in [-0.25, -0.2) is 9.13 Å². The Hall–Kier alpha value is -0.680. The van der Waals surface area contributed by atoms with E-state index in [1.165, 1.54) is 0 Å². The van der Waals surface area contributed by atoms with E-state index in [0.29, 0.717) is 0 Å². The molecule has 0 spiro atoms. The van der Waals surface area contributed by atoms with Crippen LogP contribution in [-0.2, 0) is 14.5 Å². The van der Waals surface area contributed by atoms with Crippen LogP contribution in [0.15, 0.2) is 0 Å². The highest BCUT2D eigenvalue weighted by molar-refractivity contribution is 4.65. The van der Waals surface area contributed by atoms with Gasteiger partial charge >= 0.3 is 18.6 Å². The Morgan fingerprint density at radius 3 is 1.60 bits per heavy atom. The van der Waals surface area contributed by atoms with Gasteiger partial charge in [0, 0.05) is 0 Å². The zero-order valence-corrected chi connectivity index (χ0v) is 6.46. The van der Waals surface area contributed by atoms with E-state index >= 15 is 0 Å². The lowest BCUT2D eigenvalue weighted by Crippen LogP contribution is -2.47. The number of rotatable bonds is 5. The zero-order chi connectivity index (χ0) is 12.3. The third-order valence-corrected chi connectivity index (χ3v) is 0.791. The van der Waals surface area contributed by atoms with E-state index in [9.17, 15) is 35.1 Å². The summed E-state index contributed by atoms with van der Waals surface area (Å²) < 4.78 is 94.5. The summed E-state index contributed by atoms with van der Waals surface area (Å²) in [6.07, 6.45) is -17.8. The summed E-state index contributed by atoms with van der Waals surface area (Å²) in [7, 11) is 0. The van der Waals surface area contributed by atoms with Gasteiger partial charge in [0.1, 0.15) is 0 Å². The first kappa shape index (κ1) is 14.3. The number of hydrogen-bond acceptors (Lipinski definition) is 3. The van der Waals surface area contributed by atoms with Crippen molar-refractivity contribution in [1.82, 2.24) is 0 Å². The Labute approximate surface area is 76.4 Å². The van der Waals surface area contributed by atoms with Crippen molar-refractivity contribution in [3.05, 3.63) is 0 Å². The molecule has 11 heteroatoms. The first-order valence-electron chi connectivity index (χ1n) is 2.91. The average molecular weight is 250 g/mol. The lowest BCUT2D eigenvalue weighted by Gasteiger charge is -2.24. The molecule has 0 saturated heterocycles. The topological polar surface area (TPSA) is 27.7 Å². The zero-order valence-electron chi connectivity index (χ0n) is 6.46. The van der Waals surface area contributed by atoms with Gasteiger partial charge < -0.3 is 0 Å². The molecule has 0 unspecified atom stereocenters. The van der Waals surface area contributed by atoms with Gasteiger partial charge in [-0.15, -0.1) is 13.2 Å². The molecule has 0 amide bonds. The van der Waals surface area contributed by atoms with E-state index in [2.05, 4.69) is 9.78 Å². The molecule has 0 saturated carbocycles. The lowest BCUT2D eigenvalue weighted by molar-refractivity contribution is -0.560. The van der Waals surface area contributed by atoms with E-state index in [1.807, 2.05) is 0 Å². The highest BCUT2D eigenvalue weighted by atomic mass is 19.4. The monoisotopic (exact) mass is 250 g/mol. The van der Waals surface area contributed by atoms with Gasteiger partial charge in [-0.3, -0.25) is 0 Å². The van der Waals surface area contributed by atoms with Crippen molar-refractivity contribution < 1.29 is 49.6 Å². The Bertz CT molecular complexity index is 201. The summed E-state index contributed by atoms with van der Waals surface area (Å²) in [6, 6.07) is 0. The molecule has 0 atom stereocenters. The largest absolute Gasteiger partial charge is 0.527 e. The molecular formula is C4H2F8O3. The second kappa shape index (κ2) is 4.45. The predicted molar refractivity (Wildman–Crippen MR) is 25.2 cm³/mol. The second-order valence-corrected chi connectivity index (χ2v) is 1.89. The normalized spacial score (nSPS) is 14.4. The molecule has 0 aliphatic heterocycles. The number of ether oxygens (including phenoxy) is 1. The minimum absolute atomic E-state index is 1.78. The Balaban J connectivity index is 4.54. The molecule has 0 N–H and O–H groups in total. The van der Waals surface area contributed by atoms with Gasteiger partial charge in [0.2, 0.25) is 6.86 Å². The summed E-state index contributed by atoms with van der Waals surface area (Å²) in [6.45, 7) is -2.06. The highest BCUT2D eigenvalue weighted by Crippen LogP contribution is 2.40. The van der Waals surface area contributed by atoms with Gasteiger partial charge in [-0.1, -0.05) is 0 Å². The van der Waals surface area contributed by atoms with E-state index in [4.69, 9.17) is 0 Å². The van der Waals surface area contributed by atoms with Crippen molar-refractivity contribution in [2.24, 2.45) is 0 Å². The fraction of sp³-hybridized carbons (Fsp3) is 1.00. The maximum Gasteiger partial charge on any atom is 0.527 e. The molecule has 0 rings (SSSR count). The molecule has 0 bridgehead atoms. The third kappa shape index (κ3) is 4.57. The van der Waals surface area contributed by atoms with Gasteiger partial charge in [-0.2, -0.15) is 27.3 Å².